The summed E-state index contributed by atoms with van der Waals surface area (Å²) in [5.74, 6) is 1.17. The van der Waals surface area contributed by atoms with E-state index in [1.54, 1.807) is 0 Å². The maximum absolute atomic E-state index is 12.6. The van der Waals surface area contributed by atoms with Crippen molar-refractivity contribution in [3.63, 3.8) is 0 Å². The van der Waals surface area contributed by atoms with Crippen LogP contribution in [0.4, 0.5) is 11.4 Å². The zero-order valence-corrected chi connectivity index (χ0v) is 18.0. The predicted octanol–water partition coefficient (Wildman–Crippen LogP) is 4.87. The van der Waals surface area contributed by atoms with Gasteiger partial charge in [-0.15, -0.1) is 0 Å². The summed E-state index contributed by atoms with van der Waals surface area (Å²) in [6.07, 6.45) is 2.23. The quantitative estimate of drug-likeness (QED) is 0.478. The Morgan fingerprint density at radius 2 is 1.56 bits per heavy atom. The molecule has 0 spiro atoms. The number of benzene rings is 3. The molecule has 1 unspecified atom stereocenters. The van der Waals surface area contributed by atoms with Crippen molar-refractivity contribution in [2.45, 2.75) is 25.6 Å². The molecule has 1 aliphatic rings. The Bertz CT molecular complexity index is 1000. The number of anilines is 2. The van der Waals surface area contributed by atoms with Gasteiger partial charge in [0, 0.05) is 6.61 Å². The third-order valence-corrected chi connectivity index (χ3v) is 5.17. The molecule has 166 valence electrons. The van der Waals surface area contributed by atoms with Crippen LogP contribution < -0.4 is 20.1 Å². The van der Waals surface area contributed by atoms with Crippen molar-refractivity contribution in [3.05, 3.63) is 84.4 Å². The van der Waals surface area contributed by atoms with Gasteiger partial charge in [-0.25, -0.2) is 0 Å². The molecular formula is C26H28N2O4. The molecule has 3 aromatic carbocycles. The number of nitrogens with one attached hydrogen (secondary N) is 2. The molecule has 1 fully saturated rings. The van der Waals surface area contributed by atoms with Gasteiger partial charge in [0.15, 0.2) is 0 Å². The maximum atomic E-state index is 12.6. The molecule has 0 aromatic heterocycles. The highest BCUT2D eigenvalue weighted by molar-refractivity contribution is 5.95. The number of rotatable bonds is 10. The Labute approximate surface area is 188 Å². The molecule has 3 aromatic rings. The molecule has 1 amide bonds. The van der Waals surface area contributed by atoms with Gasteiger partial charge in [-0.05, 0) is 42.7 Å². The summed E-state index contributed by atoms with van der Waals surface area (Å²) in [7, 11) is 0. The lowest BCUT2D eigenvalue weighted by atomic mass is 10.2. The predicted molar refractivity (Wildman–Crippen MR) is 125 cm³/mol. The second-order valence-corrected chi connectivity index (χ2v) is 7.61. The van der Waals surface area contributed by atoms with E-state index in [2.05, 4.69) is 10.6 Å². The van der Waals surface area contributed by atoms with Gasteiger partial charge in [0.25, 0.3) is 0 Å². The molecular weight excluding hydrogens is 404 g/mol. The Morgan fingerprint density at radius 1 is 0.875 bits per heavy atom. The molecule has 1 aliphatic heterocycles. The Balaban J connectivity index is 1.31. The fraction of sp³-hybridized carbons (Fsp3) is 0.269. The molecule has 0 saturated carbocycles. The lowest BCUT2D eigenvalue weighted by Crippen LogP contribution is -2.23. The number of para-hydroxylation sites is 4. The molecule has 0 radical (unpaired) electrons. The van der Waals surface area contributed by atoms with Crippen LogP contribution in [-0.4, -0.2) is 31.8 Å². The third kappa shape index (κ3) is 6.25. The number of ether oxygens (including phenoxy) is 3. The maximum Gasteiger partial charge on any atom is 0.243 e. The molecule has 6 nitrogen and oxygen atoms in total. The lowest BCUT2D eigenvalue weighted by Gasteiger charge is -2.16. The van der Waals surface area contributed by atoms with Gasteiger partial charge < -0.3 is 24.8 Å². The number of amides is 1. The highest BCUT2D eigenvalue weighted by Gasteiger charge is 2.17. The Hall–Kier alpha value is -3.51. The Morgan fingerprint density at radius 3 is 2.31 bits per heavy atom. The zero-order valence-electron chi connectivity index (χ0n) is 18.0. The number of hydrogen-bond donors (Lipinski definition) is 2. The van der Waals surface area contributed by atoms with Crippen LogP contribution in [0.2, 0.25) is 0 Å². The average Bonchev–Trinajstić information content (AvgIpc) is 3.36. The van der Waals surface area contributed by atoms with Crippen LogP contribution in [0.5, 0.6) is 11.5 Å². The van der Waals surface area contributed by atoms with E-state index < -0.39 is 0 Å². The third-order valence-electron chi connectivity index (χ3n) is 5.17. The number of hydrogen-bond acceptors (Lipinski definition) is 5. The molecule has 2 N–H and O–H groups in total. The van der Waals surface area contributed by atoms with Gasteiger partial charge in [-0.1, -0.05) is 54.6 Å². The first-order valence-corrected chi connectivity index (χ1v) is 10.9. The summed E-state index contributed by atoms with van der Waals surface area (Å²) in [5.41, 5.74) is 2.47. The van der Waals surface area contributed by atoms with Crippen LogP contribution in [-0.2, 0) is 16.1 Å². The minimum absolute atomic E-state index is 0.104. The minimum atomic E-state index is -0.172. The van der Waals surface area contributed by atoms with Crippen LogP contribution in [0.1, 0.15) is 18.4 Å². The van der Waals surface area contributed by atoms with E-state index in [1.165, 1.54) is 0 Å². The summed E-state index contributed by atoms with van der Waals surface area (Å²) in [6.45, 7) is 1.84. The van der Waals surface area contributed by atoms with Gasteiger partial charge in [0.1, 0.15) is 24.7 Å². The first-order valence-electron chi connectivity index (χ1n) is 10.9. The van der Waals surface area contributed by atoms with Crippen molar-refractivity contribution in [1.82, 2.24) is 0 Å². The highest BCUT2D eigenvalue weighted by Crippen LogP contribution is 2.26. The van der Waals surface area contributed by atoms with E-state index in [9.17, 15) is 4.79 Å². The average molecular weight is 433 g/mol. The van der Waals surface area contributed by atoms with Crippen LogP contribution in [0, 0.1) is 0 Å². The molecule has 6 heteroatoms. The smallest absolute Gasteiger partial charge is 0.243 e. The molecule has 1 atom stereocenters. The van der Waals surface area contributed by atoms with E-state index in [0.29, 0.717) is 30.4 Å². The van der Waals surface area contributed by atoms with Crippen molar-refractivity contribution in [2.24, 2.45) is 0 Å². The summed E-state index contributed by atoms with van der Waals surface area (Å²) < 4.78 is 17.5. The van der Waals surface area contributed by atoms with Crippen LogP contribution in [0.25, 0.3) is 0 Å². The first-order chi connectivity index (χ1) is 15.8. The molecule has 0 aliphatic carbocycles. The normalized spacial score (nSPS) is 15.2. The molecule has 4 rings (SSSR count). The monoisotopic (exact) mass is 432 g/mol. The molecule has 1 heterocycles. The van der Waals surface area contributed by atoms with Crippen molar-refractivity contribution in [1.29, 1.82) is 0 Å². The fourth-order valence-corrected chi connectivity index (χ4v) is 3.50. The van der Waals surface area contributed by atoms with Gasteiger partial charge in [0.2, 0.25) is 5.91 Å². The van der Waals surface area contributed by atoms with E-state index in [1.807, 2.05) is 78.9 Å². The van der Waals surface area contributed by atoms with Crippen LogP contribution in [0.3, 0.4) is 0 Å². The first kappa shape index (κ1) is 21.7. The zero-order chi connectivity index (χ0) is 22.0. The summed E-state index contributed by atoms with van der Waals surface area (Å²) >= 11 is 0. The number of carbonyl (C=O) groups is 1. The van der Waals surface area contributed by atoms with Crippen molar-refractivity contribution >= 4 is 17.3 Å². The molecule has 1 saturated heterocycles. The van der Waals surface area contributed by atoms with Crippen molar-refractivity contribution < 1.29 is 19.0 Å². The topological polar surface area (TPSA) is 68.8 Å². The minimum Gasteiger partial charge on any atom is -0.489 e. The van der Waals surface area contributed by atoms with Crippen LogP contribution in [0.15, 0.2) is 78.9 Å². The number of carbonyl (C=O) groups excluding carboxylic acids is 1. The largest absolute Gasteiger partial charge is 0.489 e. The van der Waals surface area contributed by atoms with E-state index in [-0.39, 0.29) is 18.6 Å². The lowest BCUT2D eigenvalue weighted by molar-refractivity contribution is -0.114. The molecule has 32 heavy (non-hydrogen) atoms. The van der Waals surface area contributed by atoms with Gasteiger partial charge in [-0.3, -0.25) is 4.79 Å². The van der Waals surface area contributed by atoms with E-state index in [0.717, 1.165) is 30.7 Å². The van der Waals surface area contributed by atoms with Crippen LogP contribution >= 0.6 is 0 Å². The van der Waals surface area contributed by atoms with Gasteiger partial charge in [0.05, 0.1) is 24.0 Å². The second-order valence-electron chi connectivity index (χ2n) is 7.61. The second kappa shape index (κ2) is 11.2. The summed E-state index contributed by atoms with van der Waals surface area (Å²) in [4.78, 5) is 12.6. The highest BCUT2D eigenvalue weighted by atomic mass is 16.5. The van der Waals surface area contributed by atoms with E-state index >= 15 is 0 Å². The van der Waals surface area contributed by atoms with Gasteiger partial charge in [-0.2, -0.15) is 0 Å². The van der Waals surface area contributed by atoms with Crippen molar-refractivity contribution in [3.8, 4) is 11.5 Å². The van der Waals surface area contributed by atoms with Gasteiger partial charge >= 0.3 is 0 Å². The fourth-order valence-electron chi connectivity index (χ4n) is 3.50. The standard InChI is InChI=1S/C26H28N2O4/c29-26(17-27-22-12-4-6-14-24(22)32-19-21-11-8-16-30-21)28-23-13-5-7-15-25(23)31-18-20-9-2-1-3-10-20/h1-7,9-10,12-15,21,27H,8,11,16-19H2,(H,28,29). The molecule has 0 bridgehead atoms. The Kier molecular flexibility index (Phi) is 7.60. The SMILES string of the molecule is O=C(CNc1ccccc1OCC1CCCO1)Nc1ccccc1OCc1ccccc1. The van der Waals surface area contributed by atoms with Crippen molar-refractivity contribution in [2.75, 3.05) is 30.4 Å². The van der Waals surface area contributed by atoms with E-state index in [4.69, 9.17) is 14.2 Å². The summed E-state index contributed by atoms with van der Waals surface area (Å²) in [6, 6.07) is 25.0. The summed E-state index contributed by atoms with van der Waals surface area (Å²) in [5, 5.41) is 6.09.